The minimum atomic E-state index is -0.503. The van der Waals surface area contributed by atoms with Crippen molar-refractivity contribution in [3.8, 4) is 22.6 Å². The third-order valence-corrected chi connectivity index (χ3v) is 6.95. The summed E-state index contributed by atoms with van der Waals surface area (Å²) in [7, 11) is 1.58. The van der Waals surface area contributed by atoms with Crippen LogP contribution in [0.1, 0.15) is 16.7 Å². The first-order valence-corrected chi connectivity index (χ1v) is 13.3. The molecule has 7 heteroatoms. The Morgan fingerprint density at radius 3 is 2.38 bits per heavy atom. The van der Waals surface area contributed by atoms with E-state index >= 15 is 0 Å². The predicted molar refractivity (Wildman–Crippen MR) is 157 cm³/mol. The van der Waals surface area contributed by atoms with Gasteiger partial charge in [0.2, 0.25) is 5.90 Å². The molecule has 0 aromatic heterocycles. The maximum absolute atomic E-state index is 12.6. The molecule has 4 aromatic rings. The summed E-state index contributed by atoms with van der Waals surface area (Å²) in [4.78, 5) is 17.0. The number of carbonyl (C=O) groups is 1. The number of carbonyl (C=O) groups excluding carboxylic acids is 1. The van der Waals surface area contributed by atoms with Crippen molar-refractivity contribution in [3.63, 3.8) is 0 Å². The van der Waals surface area contributed by atoms with Crippen molar-refractivity contribution < 1.29 is 19.0 Å². The second-order valence-electron chi connectivity index (χ2n) is 8.23. The number of cyclic esters (lactones) is 1. The Labute approximate surface area is 237 Å². The summed E-state index contributed by atoms with van der Waals surface area (Å²) in [6, 6.07) is 29.6. The lowest BCUT2D eigenvalue weighted by atomic mass is 10.0. The highest BCUT2D eigenvalue weighted by molar-refractivity contribution is 14.1. The molecule has 184 valence electrons. The zero-order chi connectivity index (χ0) is 25.8. The number of methoxy groups -OCH3 is 1. The second kappa shape index (κ2) is 11.3. The van der Waals surface area contributed by atoms with Crippen molar-refractivity contribution in [2.24, 2.45) is 4.99 Å². The number of esters is 1. The summed E-state index contributed by atoms with van der Waals surface area (Å²) in [5.74, 6) is 0.898. The summed E-state index contributed by atoms with van der Waals surface area (Å²) in [6.45, 7) is 0.398. The smallest absolute Gasteiger partial charge is 0.363 e. The van der Waals surface area contributed by atoms with E-state index in [4.69, 9.17) is 14.2 Å². The van der Waals surface area contributed by atoms with E-state index in [9.17, 15) is 4.79 Å². The van der Waals surface area contributed by atoms with Gasteiger partial charge in [0.05, 0.1) is 11.6 Å². The third kappa shape index (κ3) is 5.94. The first-order valence-electron chi connectivity index (χ1n) is 11.4. The topological polar surface area (TPSA) is 57.1 Å². The van der Waals surface area contributed by atoms with Crippen LogP contribution < -0.4 is 9.47 Å². The van der Waals surface area contributed by atoms with Gasteiger partial charge in [-0.15, -0.1) is 0 Å². The van der Waals surface area contributed by atoms with E-state index in [-0.39, 0.29) is 11.6 Å². The molecule has 0 bridgehead atoms. The van der Waals surface area contributed by atoms with E-state index in [1.54, 1.807) is 19.3 Å². The highest BCUT2D eigenvalue weighted by Gasteiger charge is 2.24. The Bertz CT molecular complexity index is 1510. The second-order valence-corrected chi connectivity index (χ2v) is 10.3. The fourth-order valence-electron chi connectivity index (χ4n) is 3.87. The number of hydrogen-bond donors (Lipinski definition) is 0. The van der Waals surface area contributed by atoms with Crippen LogP contribution in [0, 0.1) is 3.57 Å². The minimum Gasteiger partial charge on any atom is -0.493 e. The molecule has 0 spiro atoms. The minimum absolute atomic E-state index is 0.212. The number of aliphatic imine (C=N–C) groups is 1. The lowest BCUT2D eigenvalue weighted by Gasteiger charge is -2.14. The highest BCUT2D eigenvalue weighted by atomic mass is 127. The van der Waals surface area contributed by atoms with Gasteiger partial charge in [-0.1, -0.05) is 54.6 Å². The number of benzene rings is 4. The van der Waals surface area contributed by atoms with Crippen LogP contribution in [0.3, 0.4) is 0 Å². The van der Waals surface area contributed by atoms with Crippen LogP contribution in [-0.4, -0.2) is 19.0 Å². The van der Waals surface area contributed by atoms with Crippen molar-refractivity contribution in [1.82, 2.24) is 0 Å². The van der Waals surface area contributed by atoms with Gasteiger partial charge in [0.15, 0.2) is 17.2 Å². The van der Waals surface area contributed by atoms with E-state index in [1.807, 2.05) is 78.9 Å². The third-order valence-electron chi connectivity index (χ3n) is 5.69. The Morgan fingerprint density at radius 2 is 1.65 bits per heavy atom. The summed E-state index contributed by atoms with van der Waals surface area (Å²) >= 11 is 5.85. The largest absolute Gasteiger partial charge is 0.493 e. The zero-order valence-corrected chi connectivity index (χ0v) is 23.5. The molecule has 1 aliphatic rings. The first kappa shape index (κ1) is 25.2. The molecule has 0 fully saturated rings. The maximum atomic E-state index is 12.6. The summed E-state index contributed by atoms with van der Waals surface area (Å²) in [5, 5.41) is 0. The van der Waals surface area contributed by atoms with Crippen LogP contribution in [0.25, 0.3) is 17.2 Å². The van der Waals surface area contributed by atoms with Crippen LogP contribution in [-0.2, 0) is 16.1 Å². The quantitative estimate of drug-likeness (QED) is 0.116. The summed E-state index contributed by atoms with van der Waals surface area (Å²) in [5.41, 5.74) is 4.91. The van der Waals surface area contributed by atoms with Crippen LogP contribution >= 0.6 is 38.5 Å². The van der Waals surface area contributed by atoms with E-state index in [2.05, 4.69) is 49.6 Å². The first-order chi connectivity index (χ1) is 18.0. The average Bonchev–Trinajstić information content (AvgIpc) is 3.28. The molecule has 37 heavy (non-hydrogen) atoms. The Hall–Kier alpha value is -3.43. The lowest BCUT2D eigenvalue weighted by Crippen LogP contribution is -2.05. The fourth-order valence-corrected chi connectivity index (χ4v) is 5.05. The van der Waals surface area contributed by atoms with Crippen molar-refractivity contribution in [1.29, 1.82) is 0 Å². The molecular formula is C30H21BrINO4. The number of halogens is 2. The molecule has 0 saturated carbocycles. The van der Waals surface area contributed by atoms with Gasteiger partial charge in [-0.25, -0.2) is 9.79 Å². The SMILES string of the molecule is COc1cc(/C=C2\N=C(c3ccc(-c4ccccc4)cc3)OC2=O)cc(Br)c1OCc1cccc(I)c1. The number of nitrogens with zero attached hydrogens (tertiary/aromatic N) is 1. The molecular weight excluding hydrogens is 645 g/mol. The Morgan fingerprint density at radius 1 is 0.919 bits per heavy atom. The van der Waals surface area contributed by atoms with Crippen molar-refractivity contribution in [3.05, 3.63) is 121 Å². The molecule has 4 aromatic carbocycles. The van der Waals surface area contributed by atoms with Gasteiger partial charge in [0.1, 0.15) is 6.61 Å². The predicted octanol–water partition coefficient (Wildman–Crippen LogP) is 7.65. The van der Waals surface area contributed by atoms with Crippen molar-refractivity contribution >= 4 is 56.5 Å². The monoisotopic (exact) mass is 665 g/mol. The molecule has 1 aliphatic heterocycles. The van der Waals surface area contributed by atoms with E-state index in [0.717, 1.165) is 31.4 Å². The van der Waals surface area contributed by atoms with E-state index < -0.39 is 5.97 Å². The Kier molecular flexibility index (Phi) is 7.71. The molecule has 0 saturated heterocycles. The number of hydrogen-bond acceptors (Lipinski definition) is 5. The van der Waals surface area contributed by atoms with Gasteiger partial charge in [-0.2, -0.15) is 0 Å². The van der Waals surface area contributed by atoms with E-state index in [1.165, 1.54) is 0 Å². The number of ether oxygens (including phenoxy) is 3. The Balaban J connectivity index is 1.36. The molecule has 1 heterocycles. The molecule has 0 amide bonds. The van der Waals surface area contributed by atoms with Gasteiger partial charge in [-0.3, -0.25) is 0 Å². The molecule has 5 rings (SSSR count). The van der Waals surface area contributed by atoms with Crippen molar-refractivity contribution in [2.75, 3.05) is 7.11 Å². The van der Waals surface area contributed by atoms with Gasteiger partial charge in [0, 0.05) is 9.13 Å². The summed E-state index contributed by atoms with van der Waals surface area (Å²) in [6.07, 6.45) is 1.67. The average molecular weight is 666 g/mol. The van der Waals surface area contributed by atoms with Crippen LogP contribution in [0.2, 0.25) is 0 Å². The summed E-state index contributed by atoms with van der Waals surface area (Å²) < 4.78 is 18.9. The van der Waals surface area contributed by atoms with Gasteiger partial charge in [-0.05, 0) is 103 Å². The highest BCUT2D eigenvalue weighted by Crippen LogP contribution is 2.38. The standard InChI is InChI=1S/C30H21BrINO4/c1-35-27-17-20(15-25(31)28(27)36-18-19-6-5-9-24(32)14-19)16-26-30(34)37-29(33-26)23-12-10-22(11-13-23)21-7-3-2-4-8-21/h2-17H,18H2,1H3/b26-16-. The van der Waals surface area contributed by atoms with Crippen LogP contribution in [0.15, 0.2) is 106 Å². The molecule has 0 unspecified atom stereocenters. The molecule has 0 N–H and O–H groups in total. The lowest BCUT2D eigenvalue weighted by molar-refractivity contribution is -0.129. The van der Waals surface area contributed by atoms with Crippen LogP contribution in [0.4, 0.5) is 0 Å². The fraction of sp³-hybridized carbons (Fsp3) is 0.0667. The van der Waals surface area contributed by atoms with Gasteiger partial charge >= 0.3 is 5.97 Å². The molecule has 0 atom stereocenters. The molecule has 0 aliphatic carbocycles. The normalized spacial score (nSPS) is 13.9. The van der Waals surface area contributed by atoms with Crippen LogP contribution in [0.5, 0.6) is 11.5 Å². The molecule has 0 radical (unpaired) electrons. The maximum Gasteiger partial charge on any atom is 0.363 e. The number of rotatable bonds is 7. The zero-order valence-electron chi connectivity index (χ0n) is 19.8. The van der Waals surface area contributed by atoms with Gasteiger partial charge in [0.25, 0.3) is 0 Å². The van der Waals surface area contributed by atoms with Crippen molar-refractivity contribution in [2.45, 2.75) is 6.61 Å². The van der Waals surface area contributed by atoms with E-state index in [0.29, 0.717) is 22.6 Å². The van der Waals surface area contributed by atoms with Gasteiger partial charge < -0.3 is 14.2 Å². The molecule has 5 nitrogen and oxygen atoms in total.